The van der Waals surface area contributed by atoms with Crippen molar-refractivity contribution in [1.29, 1.82) is 5.26 Å². The van der Waals surface area contributed by atoms with Crippen LogP contribution in [0.25, 0.3) is 0 Å². The molecular formula is C19H20BrN3O3S. The lowest BCUT2D eigenvalue weighted by Crippen LogP contribution is -2.34. The van der Waals surface area contributed by atoms with Crippen LogP contribution in [0.4, 0.5) is 0 Å². The molecule has 2 aliphatic rings. The van der Waals surface area contributed by atoms with Crippen molar-refractivity contribution in [2.24, 2.45) is 0 Å². The number of hydrogen-bond acceptors (Lipinski definition) is 5. The highest BCUT2D eigenvalue weighted by molar-refractivity contribution is 9.10. The summed E-state index contributed by atoms with van der Waals surface area (Å²) in [7, 11) is 0. The third kappa shape index (κ3) is 5.34. The molecule has 0 aromatic heterocycles. The lowest BCUT2D eigenvalue weighted by molar-refractivity contribution is -0.121. The minimum Gasteiger partial charge on any atom is -0.376 e. The van der Waals surface area contributed by atoms with E-state index in [1.54, 1.807) is 0 Å². The Kier molecular flexibility index (Phi) is 6.94. The van der Waals surface area contributed by atoms with Crippen LogP contribution in [0, 0.1) is 11.3 Å². The van der Waals surface area contributed by atoms with Crippen LogP contribution >= 0.6 is 27.7 Å². The number of thioether (sulfide) groups is 1. The predicted octanol–water partition coefficient (Wildman–Crippen LogP) is 2.82. The first kappa shape index (κ1) is 19.9. The zero-order valence-electron chi connectivity index (χ0n) is 14.7. The molecule has 8 heteroatoms. The number of ether oxygens (including phenoxy) is 1. The Morgan fingerprint density at radius 2 is 2.33 bits per heavy atom. The lowest BCUT2D eigenvalue weighted by Gasteiger charge is -2.25. The van der Waals surface area contributed by atoms with Crippen molar-refractivity contribution in [2.75, 3.05) is 18.9 Å². The SMILES string of the molecule is N#CC1=C(SCC(=O)NC[C@@H]2CCCO2)NC(=O)C[C@H]1c1cccc(Br)c1. The van der Waals surface area contributed by atoms with Crippen molar-refractivity contribution in [3.8, 4) is 6.07 Å². The summed E-state index contributed by atoms with van der Waals surface area (Å²) in [6.07, 6.45) is 2.29. The quantitative estimate of drug-likeness (QED) is 0.696. The van der Waals surface area contributed by atoms with Crippen LogP contribution < -0.4 is 10.6 Å². The summed E-state index contributed by atoms with van der Waals surface area (Å²) in [4.78, 5) is 24.3. The number of nitriles is 1. The Morgan fingerprint density at radius 3 is 3.04 bits per heavy atom. The third-order valence-corrected chi connectivity index (χ3v) is 6.02. The first-order valence-corrected chi connectivity index (χ1v) is 10.6. The topological polar surface area (TPSA) is 91.2 Å². The van der Waals surface area contributed by atoms with Crippen molar-refractivity contribution in [3.05, 3.63) is 44.9 Å². The number of halogens is 1. The molecule has 27 heavy (non-hydrogen) atoms. The number of carbonyl (C=O) groups is 2. The summed E-state index contributed by atoms with van der Waals surface area (Å²) in [5.41, 5.74) is 1.39. The molecule has 1 aromatic carbocycles. The van der Waals surface area contributed by atoms with Crippen LogP contribution in [0.1, 0.15) is 30.7 Å². The van der Waals surface area contributed by atoms with Gasteiger partial charge in [0.15, 0.2) is 0 Å². The number of amides is 2. The van der Waals surface area contributed by atoms with E-state index in [9.17, 15) is 14.9 Å². The molecule has 0 spiro atoms. The van der Waals surface area contributed by atoms with Crippen molar-refractivity contribution < 1.29 is 14.3 Å². The molecule has 1 fully saturated rings. The average molecular weight is 450 g/mol. The van der Waals surface area contributed by atoms with E-state index < -0.39 is 0 Å². The zero-order chi connectivity index (χ0) is 19.2. The van der Waals surface area contributed by atoms with Gasteiger partial charge in [-0.3, -0.25) is 9.59 Å². The summed E-state index contributed by atoms with van der Waals surface area (Å²) < 4.78 is 6.38. The van der Waals surface area contributed by atoms with Crippen molar-refractivity contribution in [2.45, 2.75) is 31.3 Å². The maximum absolute atomic E-state index is 12.2. The second-order valence-corrected chi connectivity index (χ2v) is 8.34. The largest absolute Gasteiger partial charge is 0.376 e. The Morgan fingerprint density at radius 1 is 1.48 bits per heavy atom. The lowest BCUT2D eigenvalue weighted by atomic mass is 9.87. The maximum Gasteiger partial charge on any atom is 0.230 e. The summed E-state index contributed by atoms with van der Waals surface area (Å²) in [6.45, 7) is 1.24. The molecule has 0 aliphatic carbocycles. The van der Waals surface area contributed by atoms with Crippen molar-refractivity contribution >= 4 is 39.5 Å². The highest BCUT2D eigenvalue weighted by Gasteiger charge is 2.30. The van der Waals surface area contributed by atoms with Gasteiger partial charge in [0.1, 0.15) is 0 Å². The van der Waals surface area contributed by atoms with E-state index in [1.807, 2.05) is 24.3 Å². The Bertz CT molecular complexity index is 800. The van der Waals surface area contributed by atoms with Gasteiger partial charge in [0.05, 0.1) is 28.5 Å². The normalized spacial score (nSPS) is 22.3. The van der Waals surface area contributed by atoms with Gasteiger partial charge in [-0.15, -0.1) is 0 Å². The van der Waals surface area contributed by atoms with E-state index in [-0.39, 0.29) is 36.0 Å². The van der Waals surface area contributed by atoms with Crippen LogP contribution in [0.5, 0.6) is 0 Å². The molecule has 0 saturated carbocycles. The summed E-state index contributed by atoms with van der Waals surface area (Å²) in [5, 5.41) is 15.7. The van der Waals surface area contributed by atoms with Gasteiger partial charge in [0.2, 0.25) is 11.8 Å². The van der Waals surface area contributed by atoms with Gasteiger partial charge in [-0.05, 0) is 30.5 Å². The first-order chi connectivity index (χ1) is 13.1. The number of benzene rings is 1. The van der Waals surface area contributed by atoms with Gasteiger partial charge in [0, 0.05) is 30.0 Å². The van der Waals surface area contributed by atoms with Crippen LogP contribution in [0.3, 0.4) is 0 Å². The summed E-state index contributed by atoms with van der Waals surface area (Å²) >= 11 is 4.62. The van der Waals surface area contributed by atoms with Crippen molar-refractivity contribution in [1.82, 2.24) is 10.6 Å². The van der Waals surface area contributed by atoms with E-state index in [2.05, 4.69) is 32.6 Å². The second-order valence-electron chi connectivity index (χ2n) is 6.44. The highest BCUT2D eigenvalue weighted by Crippen LogP contribution is 2.36. The Labute approximate surface area is 170 Å². The minimum atomic E-state index is -0.307. The molecule has 2 aliphatic heterocycles. The van der Waals surface area contributed by atoms with Gasteiger partial charge in [-0.2, -0.15) is 5.26 Å². The fourth-order valence-corrected chi connectivity index (χ4v) is 4.49. The highest BCUT2D eigenvalue weighted by atomic mass is 79.9. The number of hydrogen-bond donors (Lipinski definition) is 2. The molecule has 2 heterocycles. The van der Waals surface area contributed by atoms with Gasteiger partial charge < -0.3 is 15.4 Å². The Balaban J connectivity index is 1.67. The molecule has 2 atom stereocenters. The molecule has 0 radical (unpaired) electrons. The second kappa shape index (κ2) is 9.40. The van der Waals surface area contributed by atoms with Crippen molar-refractivity contribution in [3.63, 3.8) is 0 Å². The van der Waals surface area contributed by atoms with Crippen LogP contribution in [0.2, 0.25) is 0 Å². The first-order valence-electron chi connectivity index (χ1n) is 8.77. The van der Waals surface area contributed by atoms with Crippen LogP contribution in [0.15, 0.2) is 39.3 Å². The van der Waals surface area contributed by atoms with Gasteiger partial charge in [0.25, 0.3) is 0 Å². The minimum absolute atomic E-state index is 0.0862. The average Bonchev–Trinajstić information content (AvgIpc) is 3.18. The molecule has 6 nitrogen and oxygen atoms in total. The van der Waals surface area contributed by atoms with E-state index in [4.69, 9.17) is 4.74 Å². The third-order valence-electron chi connectivity index (χ3n) is 4.51. The van der Waals surface area contributed by atoms with Gasteiger partial charge >= 0.3 is 0 Å². The smallest absolute Gasteiger partial charge is 0.230 e. The summed E-state index contributed by atoms with van der Waals surface area (Å²) in [5.74, 6) is -0.460. The zero-order valence-corrected chi connectivity index (χ0v) is 17.1. The number of nitrogens with one attached hydrogen (secondary N) is 2. The molecule has 0 bridgehead atoms. The molecule has 1 aromatic rings. The Hall–Kier alpha value is -1.82. The van der Waals surface area contributed by atoms with E-state index in [1.165, 1.54) is 11.8 Å². The van der Waals surface area contributed by atoms with Gasteiger partial charge in [-0.1, -0.05) is 39.8 Å². The van der Waals surface area contributed by atoms with E-state index in [0.717, 1.165) is 29.5 Å². The maximum atomic E-state index is 12.2. The number of carbonyl (C=O) groups excluding carboxylic acids is 2. The molecule has 3 rings (SSSR count). The van der Waals surface area contributed by atoms with Crippen LogP contribution in [-0.2, 0) is 14.3 Å². The standard InChI is InChI=1S/C19H20BrN3O3S/c20-13-4-1-3-12(7-13)15-8-17(24)23-19(16(15)9-21)27-11-18(25)22-10-14-5-2-6-26-14/h1,3-4,7,14-15H,2,5-6,8,10-11H2,(H,22,25)(H,23,24)/t14-,15-/m0/s1. The predicted molar refractivity (Wildman–Crippen MR) is 107 cm³/mol. The molecule has 142 valence electrons. The van der Waals surface area contributed by atoms with Gasteiger partial charge in [-0.25, -0.2) is 0 Å². The molecule has 1 saturated heterocycles. The monoisotopic (exact) mass is 449 g/mol. The molecule has 0 unspecified atom stereocenters. The number of nitrogens with zero attached hydrogens (tertiary/aromatic N) is 1. The fourth-order valence-electron chi connectivity index (χ4n) is 3.16. The number of rotatable bonds is 6. The number of allylic oxidation sites excluding steroid dienone is 1. The fraction of sp³-hybridized carbons (Fsp3) is 0.421. The summed E-state index contributed by atoms with van der Waals surface area (Å²) in [6, 6.07) is 9.82. The molecule has 2 N–H and O–H groups in total. The van der Waals surface area contributed by atoms with E-state index in [0.29, 0.717) is 17.1 Å². The van der Waals surface area contributed by atoms with E-state index >= 15 is 0 Å². The molecular weight excluding hydrogens is 430 g/mol. The van der Waals surface area contributed by atoms with Crippen LogP contribution in [-0.4, -0.2) is 36.8 Å². The molecule has 2 amide bonds.